The SMILES string of the molecule is CCCCCCCCCCCCCCCCCC(=O)OC[C@H](COP(=O)(O)OC[C@@H](O)COP(=O)(O)OC[C@@H](COC(=O)CCCCCCCCCCCC)OC(=O)CCCCCCCCCCCC(C)C)OC(=O)CCCCCCCCCCCCCCCCCCC(C)C. The lowest BCUT2D eigenvalue weighted by Crippen LogP contribution is -2.30. The Kier molecular flexibility index (Phi) is 67.4. The van der Waals surface area contributed by atoms with Gasteiger partial charge in [0.2, 0.25) is 0 Å². The molecule has 0 aromatic rings. The molecule has 0 bridgehead atoms. The molecule has 0 spiro atoms. The Morgan fingerprint density at radius 1 is 0.281 bits per heavy atom. The summed E-state index contributed by atoms with van der Waals surface area (Å²) in [7, 11) is -9.91. The third-order valence-corrected chi connectivity index (χ3v) is 19.9. The molecule has 0 aromatic carbocycles. The van der Waals surface area contributed by atoms with E-state index in [1.165, 1.54) is 218 Å². The molecule has 3 N–H and O–H groups in total. The summed E-state index contributed by atoms with van der Waals surface area (Å²) in [6, 6.07) is 0. The van der Waals surface area contributed by atoms with Crippen molar-refractivity contribution in [1.82, 2.24) is 0 Å². The molecular formula is C77H150O17P2. The Morgan fingerprint density at radius 2 is 0.479 bits per heavy atom. The second-order valence-corrected chi connectivity index (χ2v) is 31.6. The van der Waals surface area contributed by atoms with Crippen molar-refractivity contribution in [3.63, 3.8) is 0 Å². The first-order valence-corrected chi connectivity index (χ1v) is 43.0. The van der Waals surface area contributed by atoms with E-state index in [1.807, 2.05) is 0 Å². The highest BCUT2D eigenvalue weighted by molar-refractivity contribution is 7.47. The van der Waals surface area contributed by atoms with Gasteiger partial charge in [0, 0.05) is 25.7 Å². The molecule has 17 nitrogen and oxygen atoms in total. The summed E-state index contributed by atoms with van der Waals surface area (Å²) in [4.78, 5) is 72.8. The predicted molar refractivity (Wildman–Crippen MR) is 391 cm³/mol. The van der Waals surface area contributed by atoms with Crippen molar-refractivity contribution in [2.45, 2.75) is 419 Å². The summed E-state index contributed by atoms with van der Waals surface area (Å²) in [5.41, 5.74) is 0. The number of ether oxygens (including phenoxy) is 4. The molecule has 5 atom stereocenters. The van der Waals surface area contributed by atoms with E-state index in [2.05, 4.69) is 41.5 Å². The van der Waals surface area contributed by atoms with Gasteiger partial charge in [0.25, 0.3) is 0 Å². The zero-order valence-electron chi connectivity index (χ0n) is 62.7. The van der Waals surface area contributed by atoms with Gasteiger partial charge >= 0.3 is 39.5 Å². The van der Waals surface area contributed by atoms with E-state index in [4.69, 9.17) is 37.0 Å². The molecule has 0 rings (SSSR count). The Bertz CT molecular complexity index is 1860. The van der Waals surface area contributed by atoms with Gasteiger partial charge < -0.3 is 33.8 Å². The van der Waals surface area contributed by atoms with E-state index in [0.29, 0.717) is 25.7 Å². The normalized spacial score (nSPS) is 14.0. The van der Waals surface area contributed by atoms with E-state index in [1.54, 1.807) is 0 Å². The highest BCUT2D eigenvalue weighted by atomic mass is 31.2. The Morgan fingerprint density at radius 3 is 0.708 bits per heavy atom. The average molecular weight is 1410 g/mol. The minimum atomic E-state index is -4.96. The summed E-state index contributed by atoms with van der Waals surface area (Å²) in [6.07, 6.45) is 56.8. The minimum absolute atomic E-state index is 0.106. The average Bonchev–Trinajstić information content (AvgIpc) is 1.78. The number of rotatable bonds is 76. The van der Waals surface area contributed by atoms with E-state index >= 15 is 0 Å². The molecule has 19 heteroatoms. The van der Waals surface area contributed by atoms with Crippen molar-refractivity contribution < 1.29 is 80.2 Å². The van der Waals surface area contributed by atoms with Gasteiger partial charge in [-0.25, -0.2) is 9.13 Å². The number of hydrogen-bond donors (Lipinski definition) is 3. The molecule has 0 amide bonds. The molecule has 96 heavy (non-hydrogen) atoms. The van der Waals surface area contributed by atoms with Gasteiger partial charge in [-0.3, -0.25) is 37.3 Å². The number of phosphoric acid groups is 2. The minimum Gasteiger partial charge on any atom is -0.462 e. The third-order valence-electron chi connectivity index (χ3n) is 18.0. The van der Waals surface area contributed by atoms with Crippen LogP contribution < -0.4 is 0 Å². The number of hydrogen-bond acceptors (Lipinski definition) is 15. The van der Waals surface area contributed by atoms with Crippen LogP contribution in [0.4, 0.5) is 0 Å². The number of phosphoric ester groups is 2. The van der Waals surface area contributed by atoms with Gasteiger partial charge in [-0.15, -0.1) is 0 Å². The van der Waals surface area contributed by atoms with Crippen molar-refractivity contribution in [2.75, 3.05) is 39.6 Å². The van der Waals surface area contributed by atoms with Crippen LogP contribution in [0.3, 0.4) is 0 Å². The molecule has 0 aliphatic carbocycles. The molecule has 0 aliphatic heterocycles. The van der Waals surface area contributed by atoms with Crippen molar-refractivity contribution in [1.29, 1.82) is 0 Å². The lowest BCUT2D eigenvalue weighted by atomic mass is 10.0. The number of carbonyl (C=O) groups is 4. The van der Waals surface area contributed by atoms with Crippen molar-refractivity contribution in [3.05, 3.63) is 0 Å². The van der Waals surface area contributed by atoms with Gasteiger partial charge in [-0.1, -0.05) is 350 Å². The summed E-state index contributed by atoms with van der Waals surface area (Å²) < 4.78 is 68.5. The van der Waals surface area contributed by atoms with E-state index in [9.17, 15) is 43.2 Å². The molecule has 0 saturated heterocycles. The summed E-state index contributed by atoms with van der Waals surface area (Å²) in [5, 5.41) is 10.6. The maximum Gasteiger partial charge on any atom is 0.472 e. The molecule has 0 saturated carbocycles. The fourth-order valence-electron chi connectivity index (χ4n) is 11.8. The fourth-order valence-corrected chi connectivity index (χ4v) is 13.4. The lowest BCUT2D eigenvalue weighted by Gasteiger charge is -2.21. The second-order valence-electron chi connectivity index (χ2n) is 28.7. The fraction of sp³-hybridized carbons (Fsp3) is 0.948. The number of aliphatic hydroxyl groups is 1. The van der Waals surface area contributed by atoms with Gasteiger partial charge in [-0.2, -0.15) is 0 Å². The first kappa shape index (κ1) is 94.1. The smallest absolute Gasteiger partial charge is 0.462 e. The lowest BCUT2D eigenvalue weighted by molar-refractivity contribution is -0.161. The molecule has 570 valence electrons. The van der Waals surface area contributed by atoms with Crippen molar-refractivity contribution >= 4 is 39.5 Å². The van der Waals surface area contributed by atoms with Gasteiger partial charge in [0.1, 0.15) is 19.3 Å². The highest BCUT2D eigenvalue weighted by Crippen LogP contribution is 2.45. The molecular weight excluding hydrogens is 1260 g/mol. The number of carbonyl (C=O) groups excluding carboxylic acids is 4. The van der Waals surface area contributed by atoms with Crippen LogP contribution in [0, 0.1) is 11.8 Å². The van der Waals surface area contributed by atoms with Crippen molar-refractivity contribution in [3.8, 4) is 0 Å². The molecule has 2 unspecified atom stereocenters. The van der Waals surface area contributed by atoms with Crippen LogP contribution >= 0.6 is 15.6 Å². The third kappa shape index (κ3) is 70.5. The van der Waals surface area contributed by atoms with Crippen LogP contribution in [-0.4, -0.2) is 96.7 Å². The maximum atomic E-state index is 13.1. The van der Waals surface area contributed by atoms with E-state index < -0.39 is 97.5 Å². The first-order chi connectivity index (χ1) is 46.4. The number of esters is 4. The molecule has 0 aliphatic rings. The summed E-state index contributed by atoms with van der Waals surface area (Å²) in [5.74, 6) is -0.568. The molecule has 0 heterocycles. The zero-order chi connectivity index (χ0) is 70.7. The standard InChI is InChI=1S/C77H150O17P2/c1-7-9-11-13-15-17-19-20-23-27-30-36-42-48-54-60-75(80)88-66-72(93-76(81)61-55-49-43-37-31-28-25-22-21-24-26-29-33-39-45-51-57-69(3)4)67-91-95(83,84)89-63-71(78)64-90-96(85,86)92-68-73(65-87-74(79)59-53-47-41-35-18-16-14-12-10-8-2)94-77(82)62-56-50-44-38-32-34-40-46-52-58-70(5)6/h69-73,78H,7-68H2,1-6H3,(H,83,84)(H,85,86)/t71-,72-,73-/m1/s1. The van der Waals surface area contributed by atoms with Crippen LogP contribution in [0.25, 0.3) is 0 Å². The van der Waals surface area contributed by atoms with Gasteiger partial charge in [0.15, 0.2) is 12.2 Å². The van der Waals surface area contributed by atoms with Gasteiger partial charge in [0.05, 0.1) is 26.4 Å². The van der Waals surface area contributed by atoms with E-state index in [0.717, 1.165) is 102 Å². The Hall–Kier alpha value is -1.94. The van der Waals surface area contributed by atoms with Crippen molar-refractivity contribution in [2.24, 2.45) is 11.8 Å². The monoisotopic (exact) mass is 1410 g/mol. The summed E-state index contributed by atoms with van der Waals surface area (Å²) in [6.45, 7) is 9.61. The highest BCUT2D eigenvalue weighted by Gasteiger charge is 2.30. The zero-order valence-corrected chi connectivity index (χ0v) is 64.5. The van der Waals surface area contributed by atoms with Crippen LogP contribution in [0.2, 0.25) is 0 Å². The second kappa shape index (κ2) is 68.8. The number of unbranched alkanes of at least 4 members (excludes halogenated alkanes) is 46. The Balaban J connectivity index is 5.23. The molecule has 0 radical (unpaired) electrons. The predicted octanol–water partition coefficient (Wildman–Crippen LogP) is 22.7. The first-order valence-electron chi connectivity index (χ1n) is 40.0. The Labute approximate surface area is 588 Å². The maximum absolute atomic E-state index is 13.1. The topological polar surface area (TPSA) is 237 Å². The van der Waals surface area contributed by atoms with Gasteiger partial charge in [-0.05, 0) is 37.5 Å². The molecule has 0 fully saturated rings. The van der Waals surface area contributed by atoms with Crippen LogP contribution in [-0.2, 0) is 65.4 Å². The summed E-state index contributed by atoms with van der Waals surface area (Å²) >= 11 is 0. The van der Waals surface area contributed by atoms with Crippen LogP contribution in [0.5, 0.6) is 0 Å². The number of aliphatic hydroxyl groups excluding tert-OH is 1. The largest absolute Gasteiger partial charge is 0.472 e. The van der Waals surface area contributed by atoms with Crippen LogP contribution in [0.15, 0.2) is 0 Å². The quantitative estimate of drug-likeness (QED) is 0.0222. The molecule has 0 aromatic heterocycles. The van der Waals surface area contributed by atoms with Crippen LogP contribution in [0.1, 0.15) is 401 Å². The van der Waals surface area contributed by atoms with E-state index in [-0.39, 0.29) is 25.7 Å².